The van der Waals surface area contributed by atoms with E-state index < -0.39 is 28.5 Å². The Kier molecular flexibility index (Phi) is 11.9. The first kappa shape index (κ1) is 33.5. The Morgan fingerprint density at radius 1 is 0.905 bits per heavy atom. The van der Waals surface area contributed by atoms with Gasteiger partial charge in [-0.1, -0.05) is 54.7 Å². The summed E-state index contributed by atoms with van der Waals surface area (Å²) in [6.45, 7) is 4.87. The second-order valence-corrected chi connectivity index (χ2v) is 12.7. The second kappa shape index (κ2) is 15.0. The van der Waals surface area contributed by atoms with E-state index in [1.54, 1.807) is 25.1 Å². The van der Waals surface area contributed by atoms with Crippen LogP contribution in [0.4, 0.5) is 5.69 Å². The van der Waals surface area contributed by atoms with Gasteiger partial charge in [0.2, 0.25) is 11.8 Å². The third-order valence-electron chi connectivity index (χ3n) is 6.82. The molecular formula is C30H34Cl3N3O5S. The molecule has 0 radical (unpaired) electrons. The van der Waals surface area contributed by atoms with Crippen LogP contribution in [0.3, 0.4) is 0 Å². The Bertz CT molecular complexity index is 1460. The number of benzene rings is 3. The highest BCUT2D eigenvalue weighted by Crippen LogP contribution is 2.29. The highest BCUT2D eigenvalue weighted by atomic mass is 35.5. The van der Waals surface area contributed by atoms with E-state index in [0.29, 0.717) is 32.8 Å². The fourth-order valence-electron chi connectivity index (χ4n) is 4.23. The van der Waals surface area contributed by atoms with Crippen LogP contribution in [0.5, 0.6) is 5.75 Å². The predicted octanol–water partition coefficient (Wildman–Crippen LogP) is 6.57. The molecule has 0 heterocycles. The maximum Gasteiger partial charge on any atom is 0.264 e. The van der Waals surface area contributed by atoms with Gasteiger partial charge in [0.05, 0.1) is 17.7 Å². The van der Waals surface area contributed by atoms with Crippen molar-refractivity contribution in [2.24, 2.45) is 0 Å². The van der Waals surface area contributed by atoms with E-state index in [2.05, 4.69) is 5.32 Å². The molecule has 42 heavy (non-hydrogen) atoms. The number of amides is 2. The summed E-state index contributed by atoms with van der Waals surface area (Å²) in [6, 6.07) is 15.8. The normalized spacial score (nSPS) is 12.7. The first-order valence-corrected chi connectivity index (χ1v) is 15.9. The Morgan fingerprint density at radius 2 is 1.50 bits per heavy atom. The van der Waals surface area contributed by atoms with Crippen LogP contribution in [0.15, 0.2) is 71.6 Å². The van der Waals surface area contributed by atoms with Crippen molar-refractivity contribution >= 4 is 62.3 Å². The molecule has 0 aliphatic rings. The summed E-state index contributed by atoms with van der Waals surface area (Å²) in [6.07, 6.45) is 0.958. The Labute approximate surface area is 262 Å². The summed E-state index contributed by atoms with van der Waals surface area (Å²) < 4.78 is 34.1. The molecule has 12 heteroatoms. The van der Waals surface area contributed by atoms with Crippen LogP contribution >= 0.6 is 34.8 Å². The van der Waals surface area contributed by atoms with Gasteiger partial charge < -0.3 is 15.0 Å². The van der Waals surface area contributed by atoms with Crippen molar-refractivity contribution < 1.29 is 22.7 Å². The zero-order valence-corrected chi connectivity index (χ0v) is 26.9. The number of sulfonamides is 1. The van der Waals surface area contributed by atoms with E-state index in [1.165, 1.54) is 60.5 Å². The molecule has 3 rings (SSSR count). The summed E-state index contributed by atoms with van der Waals surface area (Å²) in [5.41, 5.74) is 0.663. The molecule has 0 saturated carbocycles. The molecule has 0 unspecified atom stereocenters. The summed E-state index contributed by atoms with van der Waals surface area (Å²) >= 11 is 19.0. The molecule has 8 nitrogen and oxygen atoms in total. The van der Waals surface area contributed by atoms with E-state index in [0.717, 1.165) is 4.31 Å². The van der Waals surface area contributed by atoms with Crippen molar-refractivity contribution in [3.63, 3.8) is 0 Å². The summed E-state index contributed by atoms with van der Waals surface area (Å²) in [5.74, 6) is -0.507. The lowest BCUT2D eigenvalue weighted by atomic mass is 10.1. The molecule has 3 aromatic rings. The van der Waals surface area contributed by atoms with Gasteiger partial charge >= 0.3 is 0 Å². The average Bonchev–Trinajstić information content (AvgIpc) is 2.97. The fourth-order valence-corrected chi connectivity index (χ4v) is 6.28. The van der Waals surface area contributed by atoms with E-state index in [-0.39, 0.29) is 35.5 Å². The van der Waals surface area contributed by atoms with Gasteiger partial charge in [0.1, 0.15) is 18.3 Å². The van der Waals surface area contributed by atoms with Crippen molar-refractivity contribution in [1.82, 2.24) is 10.2 Å². The number of halogens is 3. The Hall–Kier alpha value is -2.98. The van der Waals surface area contributed by atoms with Gasteiger partial charge in [-0.05, 0) is 80.4 Å². The number of hydrogen-bond donors (Lipinski definition) is 1. The van der Waals surface area contributed by atoms with Gasteiger partial charge in [-0.25, -0.2) is 8.42 Å². The van der Waals surface area contributed by atoms with Gasteiger partial charge in [-0.15, -0.1) is 0 Å². The van der Waals surface area contributed by atoms with Crippen LogP contribution in [-0.2, 0) is 26.2 Å². The quantitative estimate of drug-likeness (QED) is 0.225. The average molecular weight is 655 g/mol. The number of nitrogens with one attached hydrogen (secondary N) is 1. The third-order valence-corrected chi connectivity index (χ3v) is 9.57. The zero-order chi connectivity index (χ0) is 31.0. The first-order valence-electron chi connectivity index (χ1n) is 13.4. The lowest BCUT2D eigenvalue weighted by Crippen LogP contribution is -2.53. The summed E-state index contributed by atoms with van der Waals surface area (Å²) in [7, 11) is -2.78. The number of carbonyl (C=O) groups is 2. The van der Waals surface area contributed by atoms with Gasteiger partial charge in [-0.2, -0.15) is 0 Å². The number of hydrogen-bond acceptors (Lipinski definition) is 5. The lowest BCUT2D eigenvalue weighted by Gasteiger charge is -2.34. The lowest BCUT2D eigenvalue weighted by molar-refractivity contribution is -0.140. The SMILES string of the molecule is CC[C@H](C(=O)N[C@@H](C)CC)N(Cc1c(Cl)cccc1Cl)C(=O)CN(c1ccc(Cl)cc1)S(=O)(=O)c1ccc(OC)cc1. The van der Waals surface area contributed by atoms with Crippen LogP contribution < -0.4 is 14.4 Å². The van der Waals surface area contributed by atoms with E-state index in [4.69, 9.17) is 39.5 Å². The van der Waals surface area contributed by atoms with Gasteiger partial charge in [0, 0.05) is 33.2 Å². The molecule has 0 fully saturated rings. The maximum absolute atomic E-state index is 14.2. The molecule has 0 aliphatic carbocycles. The van der Waals surface area contributed by atoms with Crippen molar-refractivity contribution in [3.05, 3.63) is 87.4 Å². The van der Waals surface area contributed by atoms with Crippen LogP contribution in [-0.4, -0.2) is 50.9 Å². The van der Waals surface area contributed by atoms with Crippen molar-refractivity contribution in [3.8, 4) is 5.75 Å². The van der Waals surface area contributed by atoms with Crippen LogP contribution in [0.1, 0.15) is 39.2 Å². The molecule has 3 aromatic carbocycles. The topological polar surface area (TPSA) is 96.0 Å². The number of anilines is 1. The predicted molar refractivity (Wildman–Crippen MR) is 168 cm³/mol. The van der Waals surface area contributed by atoms with Crippen molar-refractivity contribution in [1.29, 1.82) is 0 Å². The Balaban J connectivity index is 2.09. The van der Waals surface area contributed by atoms with Crippen molar-refractivity contribution in [2.75, 3.05) is 18.0 Å². The summed E-state index contributed by atoms with van der Waals surface area (Å²) in [4.78, 5) is 28.8. The maximum atomic E-state index is 14.2. The van der Waals surface area contributed by atoms with Gasteiger partial charge in [0.25, 0.3) is 10.0 Å². The van der Waals surface area contributed by atoms with Crippen LogP contribution in [0, 0.1) is 0 Å². The molecule has 0 aliphatic heterocycles. The number of carbonyl (C=O) groups excluding carboxylic acids is 2. The van der Waals surface area contributed by atoms with Crippen LogP contribution in [0.2, 0.25) is 15.1 Å². The second-order valence-electron chi connectivity index (χ2n) is 9.63. The first-order chi connectivity index (χ1) is 19.9. The monoisotopic (exact) mass is 653 g/mol. The molecule has 2 atom stereocenters. The molecule has 1 N–H and O–H groups in total. The standard InChI is InChI=1S/C30H34Cl3N3O5S/c1-5-20(3)34-30(38)28(6-2)35(18-25-26(32)8-7-9-27(25)33)29(37)19-36(22-12-10-21(31)11-13-22)42(39,40)24-16-14-23(41-4)15-17-24/h7-17,20,28H,5-6,18-19H2,1-4H3,(H,34,38)/t20-,28+/m0/s1. The Morgan fingerprint density at radius 3 is 2.02 bits per heavy atom. The molecule has 0 aromatic heterocycles. The van der Waals surface area contributed by atoms with E-state index >= 15 is 0 Å². The largest absolute Gasteiger partial charge is 0.497 e. The minimum atomic E-state index is -4.25. The van der Waals surface area contributed by atoms with E-state index in [1.807, 2.05) is 13.8 Å². The highest BCUT2D eigenvalue weighted by molar-refractivity contribution is 7.92. The molecule has 2 amide bonds. The number of nitrogens with zero attached hydrogens (tertiary/aromatic N) is 2. The molecule has 0 saturated heterocycles. The molecular weight excluding hydrogens is 621 g/mol. The number of rotatable bonds is 13. The van der Waals surface area contributed by atoms with Gasteiger partial charge in [-0.3, -0.25) is 13.9 Å². The van der Waals surface area contributed by atoms with Gasteiger partial charge in [0.15, 0.2) is 0 Å². The smallest absolute Gasteiger partial charge is 0.264 e. The van der Waals surface area contributed by atoms with Crippen LogP contribution in [0.25, 0.3) is 0 Å². The number of methoxy groups -OCH3 is 1. The summed E-state index contributed by atoms with van der Waals surface area (Å²) in [5, 5.41) is 3.96. The highest BCUT2D eigenvalue weighted by Gasteiger charge is 2.34. The zero-order valence-electron chi connectivity index (χ0n) is 23.8. The van der Waals surface area contributed by atoms with Crippen molar-refractivity contribution in [2.45, 2.75) is 57.1 Å². The molecule has 226 valence electrons. The number of ether oxygens (including phenoxy) is 1. The molecule has 0 bridgehead atoms. The third kappa shape index (κ3) is 8.10. The van der Waals surface area contributed by atoms with E-state index in [9.17, 15) is 18.0 Å². The molecule has 0 spiro atoms. The minimum absolute atomic E-state index is 0.0479. The fraction of sp³-hybridized carbons (Fsp3) is 0.333. The minimum Gasteiger partial charge on any atom is -0.497 e.